The third kappa shape index (κ3) is 4.25. The van der Waals surface area contributed by atoms with Crippen molar-refractivity contribution in [2.45, 2.75) is 25.7 Å². The molecule has 9 rings (SSSR count). The minimum Gasteiger partial charge on any atom is -0.314 e. The van der Waals surface area contributed by atoms with Gasteiger partial charge in [-0.1, -0.05) is 110 Å². The molecule has 1 atom stereocenters. The van der Waals surface area contributed by atoms with Gasteiger partial charge in [-0.25, -0.2) is 0 Å². The summed E-state index contributed by atoms with van der Waals surface area (Å²) in [6.07, 6.45) is 8.77. The van der Waals surface area contributed by atoms with E-state index in [1.54, 1.807) is 0 Å². The van der Waals surface area contributed by atoms with E-state index in [-0.39, 0.29) is 0 Å². The largest absolute Gasteiger partial charge is 0.314 e. The summed E-state index contributed by atoms with van der Waals surface area (Å²) in [6.45, 7) is 2.36. The Hall–Kier alpha value is -5.60. The van der Waals surface area contributed by atoms with Crippen molar-refractivity contribution in [1.82, 2.24) is 4.57 Å². The van der Waals surface area contributed by atoms with Crippen molar-refractivity contribution in [3.8, 4) is 28.1 Å². The van der Waals surface area contributed by atoms with Crippen molar-refractivity contribution < 1.29 is 0 Å². The predicted octanol–water partition coefficient (Wildman–Crippen LogP) is 12.0. The standard InChI is InChI=1S/C44H34N2/c1-30-39-18-10-11-19-40(39)44-43(30)41-29-34(23-27-42(41)46(44)38-26-22-31-12-8-9-13-33(31)28-38)32-20-24-37(25-21-32)45(35-14-4-2-5-15-35)36-16-6-3-7-17-36/h2-6,8-16,18-30H,7,17H2,1H3. The zero-order valence-corrected chi connectivity index (χ0v) is 25.9. The number of benzene rings is 6. The van der Waals surface area contributed by atoms with Gasteiger partial charge in [0.15, 0.2) is 0 Å². The third-order valence-corrected chi connectivity index (χ3v) is 9.87. The fraction of sp³-hybridized carbons (Fsp3) is 0.0909. The number of allylic oxidation sites excluding steroid dienone is 4. The van der Waals surface area contributed by atoms with E-state index in [1.165, 1.54) is 77.9 Å². The highest BCUT2D eigenvalue weighted by atomic mass is 15.1. The topological polar surface area (TPSA) is 8.17 Å². The Morgan fingerprint density at radius 1 is 0.652 bits per heavy atom. The second kappa shape index (κ2) is 10.8. The van der Waals surface area contributed by atoms with Crippen molar-refractivity contribution >= 4 is 33.1 Å². The Morgan fingerprint density at radius 2 is 1.39 bits per heavy atom. The second-order valence-electron chi connectivity index (χ2n) is 12.5. The maximum Gasteiger partial charge on any atom is 0.0582 e. The van der Waals surface area contributed by atoms with Crippen molar-refractivity contribution in [3.05, 3.63) is 175 Å². The lowest BCUT2D eigenvalue weighted by Gasteiger charge is -2.29. The van der Waals surface area contributed by atoms with Gasteiger partial charge in [0.05, 0.1) is 11.2 Å². The molecule has 0 bridgehead atoms. The van der Waals surface area contributed by atoms with Gasteiger partial charge >= 0.3 is 0 Å². The van der Waals surface area contributed by atoms with Gasteiger partial charge in [0, 0.05) is 39.6 Å². The summed E-state index contributed by atoms with van der Waals surface area (Å²) in [5, 5.41) is 3.86. The number of rotatable bonds is 5. The van der Waals surface area contributed by atoms with Crippen LogP contribution in [0.2, 0.25) is 0 Å². The molecule has 0 saturated heterocycles. The lowest BCUT2D eigenvalue weighted by atomic mass is 9.95. The van der Waals surface area contributed by atoms with Crippen LogP contribution in [0.25, 0.3) is 49.7 Å². The summed E-state index contributed by atoms with van der Waals surface area (Å²) in [4.78, 5) is 2.39. The highest BCUT2D eigenvalue weighted by Crippen LogP contribution is 2.51. The van der Waals surface area contributed by atoms with Gasteiger partial charge in [0.1, 0.15) is 0 Å². The SMILES string of the molecule is CC1c2ccccc2-c2c1c1cc(-c3ccc(N(C4=CC=CCC4)c4ccccc4)cc3)ccc1n2-c1ccc2ccccc2c1. The molecular formula is C44H34N2. The van der Waals surface area contributed by atoms with Crippen molar-refractivity contribution in [2.75, 3.05) is 4.90 Å². The second-order valence-corrected chi connectivity index (χ2v) is 12.5. The molecule has 0 saturated carbocycles. The van der Waals surface area contributed by atoms with Crippen molar-refractivity contribution in [2.24, 2.45) is 0 Å². The van der Waals surface area contributed by atoms with Gasteiger partial charge in [-0.15, -0.1) is 0 Å². The first kappa shape index (κ1) is 26.8. The fourth-order valence-corrected chi connectivity index (χ4v) is 7.67. The number of aromatic nitrogens is 1. The van der Waals surface area contributed by atoms with Gasteiger partial charge in [-0.3, -0.25) is 0 Å². The molecule has 0 amide bonds. The number of para-hydroxylation sites is 1. The van der Waals surface area contributed by atoms with Gasteiger partial charge in [0.2, 0.25) is 0 Å². The maximum atomic E-state index is 2.50. The lowest BCUT2D eigenvalue weighted by Crippen LogP contribution is -2.17. The third-order valence-electron chi connectivity index (χ3n) is 9.87. The quantitative estimate of drug-likeness (QED) is 0.194. The van der Waals surface area contributed by atoms with Gasteiger partial charge < -0.3 is 9.47 Å². The van der Waals surface area contributed by atoms with Crippen LogP contribution in [0.4, 0.5) is 11.4 Å². The molecule has 2 aliphatic rings. The molecule has 1 aromatic heterocycles. The summed E-state index contributed by atoms with van der Waals surface area (Å²) < 4.78 is 2.50. The average molecular weight is 591 g/mol. The molecule has 1 heterocycles. The highest BCUT2D eigenvalue weighted by Gasteiger charge is 2.32. The van der Waals surface area contributed by atoms with E-state index in [2.05, 4.69) is 174 Å². The molecule has 220 valence electrons. The number of hydrogen-bond acceptors (Lipinski definition) is 1. The van der Waals surface area contributed by atoms with Crippen molar-refractivity contribution in [3.63, 3.8) is 0 Å². The summed E-state index contributed by atoms with van der Waals surface area (Å²) >= 11 is 0. The fourth-order valence-electron chi connectivity index (χ4n) is 7.67. The Kier molecular flexibility index (Phi) is 6.28. The Bertz CT molecular complexity index is 2320. The number of fused-ring (bicyclic) bond motifs is 6. The molecule has 7 aromatic rings. The molecule has 2 heteroatoms. The predicted molar refractivity (Wildman–Crippen MR) is 194 cm³/mol. The summed E-state index contributed by atoms with van der Waals surface area (Å²) in [5.41, 5.74) is 14.1. The molecule has 0 spiro atoms. The smallest absolute Gasteiger partial charge is 0.0582 e. The average Bonchev–Trinajstić information content (AvgIpc) is 3.61. The van der Waals surface area contributed by atoms with Crippen LogP contribution in [0.1, 0.15) is 36.8 Å². The van der Waals surface area contributed by atoms with Crippen LogP contribution in [-0.4, -0.2) is 4.57 Å². The van der Waals surface area contributed by atoms with E-state index in [0.717, 1.165) is 12.8 Å². The molecule has 2 aliphatic carbocycles. The molecule has 0 radical (unpaired) electrons. The minimum atomic E-state index is 0.324. The summed E-state index contributed by atoms with van der Waals surface area (Å²) in [5.74, 6) is 0.324. The summed E-state index contributed by atoms with van der Waals surface area (Å²) in [6, 6.07) is 51.3. The normalized spacial score (nSPS) is 15.2. The molecule has 2 nitrogen and oxygen atoms in total. The Labute approximate surface area is 270 Å². The Morgan fingerprint density at radius 3 is 2.22 bits per heavy atom. The number of hydrogen-bond donors (Lipinski definition) is 0. The monoisotopic (exact) mass is 590 g/mol. The molecule has 46 heavy (non-hydrogen) atoms. The lowest BCUT2D eigenvalue weighted by molar-refractivity contribution is 0.918. The Balaban J connectivity index is 1.18. The highest BCUT2D eigenvalue weighted by molar-refractivity contribution is 6.00. The van der Waals surface area contributed by atoms with Crippen LogP contribution in [-0.2, 0) is 0 Å². The van der Waals surface area contributed by atoms with Gasteiger partial charge in [0.25, 0.3) is 0 Å². The molecular weight excluding hydrogens is 556 g/mol. The molecule has 0 fully saturated rings. The zero-order chi connectivity index (χ0) is 30.6. The molecule has 0 N–H and O–H groups in total. The van der Waals surface area contributed by atoms with E-state index < -0.39 is 0 Å². The number of anilines is 2. The first-order valence-corrected chi connectivity index (χ1v) is 16.3. The van der Waals surface area contributed by atoms with Crippen LogP contribution in [0.3, 0.4) is 0 Å². The van der Waals surface area contributed by atoms with Crippen LogP contribution in [0.5, 0.6) is 0 Å². The van der Waals surface area contributed by atoms with Crippen LogP contribution >= 0.6 is 0 Å². The van der Waals surface area contributed by atoms with Crippen LogP contribution < -0.4 is 4.90 Å². The van der Waals surface area contributed by atoms with Crippen molar-refractivity contribution in [1.29, 1.82) is 0 Å². The van der Waals surface area contributed by atoms with E-state index in [9.17, 15) is 0 Å². The number of nitrogens with zero attached hydrogens (tertiary/aromatic N) is 2. The zero-order valence-electron chi connectivity index (χ0n) is 25.9. The maximum absolute atomic E-state index is 2.50. The summed E-state index contributed by atoms with van der Waals surface area (Å²) in [7, 11) is 0. The molecule has 1 unspecified atom stereocenters. The van der Waals surface area contributed by atoms with E-state index in [0.29, 0.717) is 5.92 Å². The van der Waals surface area contributed by atoms with Gasteiger partial charge in [-0.2, -0.15) is 0 Å². The molecule has 0 aliphatic heterocycles. The van der Waals surface area contributed by atoms with Gasteiger partial charge in [-0.05, 0) is 100 Å². The first-order valence-electron chi connectivity index (χ1n) is 16.3. The minimum absolute atomic E-state index is 0.324. The van der Waals surface area contributed by atoms with Crippen LogP contribution in [0, 0.1) is 0 Å². The van der Waals surface area contributed by atoms with E-state index >= 15 is 0 Å². The first-order chi connectivity index (χ1) is 22.7. The van der Waals surface area contributed by atoms with Crippen LogP contribution in [0.15, 0.2) is 163 Å². The van der Waals surface area contributed by atoms with E-state index in [4.69, 9.17) is 0 Å². The van der Waals surface area contributed by atoms with E-state index in [1.807, 2.05) is 0 Å². The molecule has 6 aromatic carbocycles.